The van der Waals surface area contributed by atoms with Crippen LogP contribution < -0.4 is 9.88 Å². The molecule has 10 heteroatoms. The molecule has 3 N–H and O–H groups in total. The van der Waals surface area contributed by atoms with E-state index < -0.39 is 18.0 Å². The zero-order chi connectivity index (χ0) is 25.4. The third-order valence-corrected chi connectivity index (χ3v) is 8.89. The highest BCUT2D eigenvalue weighted by molar-refractivity contribution is 8.03. The van der Waals surface area contributed by atoms with Gasteiger partial charge in [-0.05, 0) is 31.7 Å². The Morgan fingerprint density at radius 2 is 2.03 bits per heavy atom. The molecule has 1 aromatic rings. The van der Waals surface area contributed by atoms with Gasteiger partial charge in [0.2, 0.25) is 11.8 Å². The largest absolute Gasteiger partial charge is 0.477 e. The van der Waals surface area contributed by atoms with Crippen LogP contribution in [0.25, 0.3) is 0 Å². The fraction of sp³-hybridized carbons (Fsp3) is 0.600. The lowest BCUT2D eigenvalue weighted by Crippen LogP contribution is -2.63. The maximum absolute atomic E-state index is 13.0. The van der Waals surface area contributed by atoms with Crippen LogP contribution in [0.5, 0.6) is 0 Å². The quantitative estimate of drug-likeness (QED) is 0.333. The van der Waals surface area contributed by atoms with Crippen molar-refractivity contribution in [2.45, 2.75) is 56.5 Å². The number of carbonyl (C=O) groups excluding carboxylic acids is 2. The number of pyridine rings is 1. The van der Waals surface area contributed by atoms with Crippen molar-refractivity contribution in [3.8, 4) is 0 Å². The van der Waals surface area contributed by atoms with E-state index in [0.717, 1.165) is 12.8 Å². The summed E-state index contributed by atoms with van der Waals surface area (Å²) >= 11 is 1.46. The number of aliphatic hydroxyl groups excluding tert-OH is 1. The smallest absolute Gasteiger partial charge is 0.353 e. The molecule has 2 fully saturated rings. The molecular weight excluding hydrogens is 468 g/mol. The van der Waals surface area contributed by atoms with Crippen molar-refractivity contribution in [3.63, 3.8) is 0 Å². The molecule has 6 unspecified atom stereocenters. The van der Waals surface area contributed by atoms with Gasteiger partial charge >= 0.3 is 5.97 Å². The van der Waals surface area contributed by atoms with Gasteiger partial charge < -0.3 is 25.3 Å². The lowest BCUT2D eigenvalue weighted by molar-refractivity contribution is -0.671. The minimum Gasteiger partial charge on any atom is -0.477 e. The number of aliphatic hydroxyl groups is 1. The molecule has 6 atom stereocenters. The fourth-order valence-electron chi connectivity index (χ4n) is 5.43. The van der Waals surface area contributed by atoms with E-state index in [1.807, 2.05) is 38.0 Å². The molecule has 0 aliphatic carbocycles. The molecule has 0 aromatic carbocycles. The lowest BCUT2D eigenvalue weighted by Gasteiger charge is -2.46. The molecular formula is C25H35N4O5S+. The molecule has 1 aromatic heterocycles. The number of aryl methyl sites for hydroxylation is 2. The van der Waals surface area contributed by atoms with Crippen molar-refractivity contribution in [2.24, 2.45) is 18.9 Å². The predicted octanol–water partition coefficient (Wildman–Crippen LogP) is 0.520. The molecule has 0 spiro atoms. The van der Waals surface area contributed by atoms with Crippen molar-refractivity contribution in [2.75, 3.05) is 20.1 Å². The second-order valence-electron chi connectivity index (χ2n) is 9.94. The van der Waals surface area contributed by atoms with Gasteiger partial charge in [-0.25, -0.2) is 9.36 Å². The number of rotatable bonds is 9. The van der Waals surface area contributed by atoms with E-state index in [-0.39, 0.29) is 40.8 Å². The van der Waals surface area contributed by atoms with Crippen LogP contribution >= 0.6 is 11.8 Å². The standard InChI is InChI=1S/C25H34N4O5S/c1-14-20-19(15(2)30)24(32)29(20)21(25(33)34)22(14)35-17-12-18(26-13-17)23(31)28(4)9-5-6-16-7-10-27(3)11-8-16/h7-8,10-11,14-15,17-20,26,30H,5-6,9,12-13H2,1-4H3/p+1. The number of β-lactam (4-membered cyclic amide) rings is 1. The van der Waals surface area contributed by atoms with Crippen molar-refractivity contribution in [1.82, 2.24) is 15.1 Å². The Morgan fingerprint density at radius 1 is 1.34 bits per heavy atom. The molecule has 35 heavy (non-hydrogen) atoms. The number of carboxylic acid groups (broad SMARTS) is 1. The zero-order valence-corrected chi connectivity index (χ0v) is 21.5. The summed E-state index contributed by atoms with van der Waals surface area (Å²) in [7, 11) is 3.81. The highest BCUT2D eigenvalue weighted by Gasteiger charge is 2.60. The first-order valence-electron chi connectivity index (χ1n) is 12.2. The minimum absolute atomic E-state index is 0.0352. The van der Waals surface area contributed by atoms with Crippen LogP contribution in [-0.2, 0) is 27.9 Å². The van der Waals surface area contributed by atoms with Crippen molar-refractivity contribution < 1.29 is 29.2 Å². The number of carbonyl (C=O) groups is 3. The number of aromatic nitrogens is 1. The summed E-state index contributed by atoms with van der Waals surface area (Å²) in [6.45, 7) is 4.76. The Bertz CT molecular complexity index is 1030. The number of hydrogen-bond donors (Lipinski definition) is 3. The Balaban J connectivity index is 1.32. The molecule has 2 saturated heterocycles. The van der Waals surface area contributed by atoms with Gasteiger partial charge in [-0.2, -0.15) is 0 Å². The van der Waals surface area contributed by atoms with Crippen LogP contribution in [0, 0.1) is 11.8 Å². The van der Waals surface area contributed by atoms with E-state index >= 15 is 0 Å². The molecule has 2 amide bonds. The first kappa shape index (κ1) is 25.7. The first-order chi connectivity index (χ1) is 16.6. The summed E-state index contributed by atoms with van der Waals surface area (Å²) in [6.07, 6.45) is 5.60. The van der Waals surface area contributed by atoms with Crippen LogP contribution in [-0.4, -0.2) is 81.4 Å². The third kappa shape index (κ3) is 4.96. The fourth-order valence-corrected chi connectivity index (χ4v) is 6.91. The minimum atomic E-state index is -1.12. The number of aliphatic carboxylic acids is 1. The summed E-state index contributed by atoms with van der Waals surface area (Å²) in [4.78, 5) is 41.3. The van der Waals surface area contributed by atoms with Crippen molar-refractivity contribution in [3.05, 3.63) is 40.7 Å². The summed E-state index contributed by atoms with van der Waals surface area (Å²) < 4.78 is 1.99. The maximum Gasteiger partial charge on any atom is 0.353 e. The van der Waals surface area contributed by atoms with E-state index in [1.54, 1.807) is 11.8 Å². The molecule has 0 bridgehead atoms. The maximum atomic E-state index is 13.0. The Morgan fingerprint density at radius 3 is 2.66 bits per heavy atom. The number of thioether (sulfide) groups is 1. The SMILES string of the molecule is CC(O)C1C(=O)N2C(C(=O)O)=C(SC3CNC(C(=O)N(C)CCCc4cc[n+](C)cc4)C3)C(C)C12. The number of likely N-dealkylation sites (N-methyl/N-ethyl adjacent to an activating group) is 1. The van der Waals surface area contributed by atoms with E-state index in [9.17, 15) is 24.6 Å². The number of nitrogens with zero attached hydrogens (tertiary/aromatic N) is 3. The Labute approximate surface area is 210 Å². The molecule has 4 rings (SSSR count). The second-order valence-corrected chi connectivity index (χ2v) is 11.3. The molecule has 0 saturated carbocycles. The number of hydrogen-bond acceptors (Lipinski definition) is 6. The number of carboxylic acids is 1. The molecule has 3 aliphatic rings. The first-order valence-corrected chi connectivity index (χ1v) is 13.1. The van der Waals surface area contributed by atoms with Gasteiger partial charge in [0.15, 0.2) is 12.4 Å². The van der Waals surface area contributed by atoms with E-state index in [2.05, 4.69) is 17.4 Å². The van der Waals surface area contributed by atoms with Gasteiger partial charge in [-0.1, -0.05) is 6.92 Å². The van der Waals surface area contributed by atoms with Crippen LogP contribution in [0.1, 0.15) is 32.3 Å². The van der Waals surface area contributed by atoms with Crippen LogP contribution in [0.15, 0.2) is 35.1 Å². The Kier molecular flexibility index (Phi) is 7.54. The number of fused-ring (bicyclic) bond motifs is 1. The topological polar surface area (TPSA) is 114 Å². The van der Waals surface area contributed by atoms with Crippen LogP contribution in [0.4, 0.5) is 0 Å². The van der Waals surface area contributed by atoms with Gasteiger partial charge in [-0.15, -0.1) is 11.8 Å². The van der Waals surface area contributed by atoms with E-state index in [1.165, 1.54) is 22.2 Å². The highest BCUT2D eigenvalue weighted by atomic mass is 32.2. The monoisotopic (exact) mass is 503 g/mol. The Hall–Kier alpha value is -2.43. The van der Waals surface area contributed by atoms with Crippen molar-refractivity contribution >= 4 is 29.5 Å². The van der Waals surface area contributed by atoms with Gasteiger partial charge in [-0.3, -0.25) is 9.59 Å². The average Bonchev–Trinajstić information content (AvgIpc) is 3.36. The molecule has 4 heterocycles. The zero-order valence-electron chi connectivity index (χ0n) is 20.7. The van der Waals surface area contributed by atoms with E-state index in [4.69, 9.17) is 0 Å². The molecule has 190 valence electrons. The number of amides is 2. The van der Waals surface area contributed by atoms with Crippen LogP contribution in [0.3, 0.4) is 0 Å². The van der Waals surface area contributed by atoms with E-state index in [0.29, 0.717) is 24.4 Å². The second kappa shape index (κ2) is 10.3. The normalized spacial score (nSPS) is 28.7. The number of nitrogens with one attached hydrogen (secondary N) is 1. The van der Waals surface area contributed by atoms with Crippen molar-refractivity contribution in [1.29, 1.82) is 0 Å². The molecule has 3 aliphatic heterocycles. The molecule has 0 radical (unpaired) electrons. The summed E-state index contributed by atoms with van der Waals surface area (Å²) in [5.74, 6) is -2.13. The lowest BCUT2D eigenvalue weighted by atomic mass is 9.79. The molecule has 9 nitrogen and oxygen atoms in total. The van der Waals surface area contributed by atoms with Crippen LogP contribution in [0.2, 0.25) is 0 Å². The average molecular weight is 504 g/mol. The summed E-state index contributed by atoms with van der Waals surface area (Å²) in [5.41, 5.74) is 1.28. The summed E-state index contributed by atoms with van der Waals surface area (Å²) in [5, 5.41) is 23.2. The van der Waals surface area contributed by atoms with Gasteiger partial charge in [0, 0.05) is 48.3 Å². The highest BCUT2D eigenvalue weighted by Crippen LogP contribution is 2.51. The van der Waals surface area contributed by atoms with Gasteiger partial charge in [0.05, 0.1) is 24.1 Å². The van der Waals surface area contributed by atoms with Gasteiger partial charge in [0.25, 0.3) is 0 Å². The summed E-state index contributed by atoms with van der Waals surface area (Å²) in [6, 6.07) is 3.56. The van der Waals surface area contributed by atoms with Gasteiger partial charge in [0.1, 0.15) is 12.7 Å². The predicted molar refractivity (Wildman–Crippen MR) is 131 cm³/mol. The third-order valence-electron chi connectivity index (χ3n) is 7.38.